The van der Waals surface area contributed by atoms with Crippen LogP contribution in [0.15, 0.2) is 18.2 Å². The molecule has 0 bridgehead atoms. The predicted octanol–water partition coefficient (Wildman–Crippen LogP) is 2.39. The first-order chi connectivity index (χ1) is 9.31. The van der Waals surface area contributed by atoms with E-state index < -0.39 is 16.6 Å². The summed E-state index contributed by atoms with van der Waals surface area (Å²) < 4.78 is 24.5. The van der Waals surface area contributed by atoms with E-state index in [2.05, 4.69) is 5.32 Å². The van der Waals surface area contributed by atoms with E-state index >= 15 is 0 Å². The second kappa shape index (κ2) is 7.59. The standard InChI is InChI=1S/C13H18ClFN2O2S/c1-9(20(3)19)7-16-13(18)17(2)8-10-4-5-11(14)12(15)6-10/h4-6,9H,7-8H2,1-3H3,(H,16,18). The average Bonchev–Trinajstić information content (AvgIpc) is 2.39. The molecule has 0 aliphatic rings. The first-order valence-electron chi connectivity index (χ1n) is 6.06. The highest BCUT2D eigenvalue weighted by atomic mass is 35.5. The number of urea groups is 1. The topological polar surface area (TPSA) is 49.4 Å². The molecular weight excluding hydrogens is 303 g/mol. The van der Waals surface area contributed by atoms with Crippen molar-refractivity contribution in [3.05, 3.63) is 34.6 Å². The van der Waals surface area contributed by atoms with Crippen LogP contribution in [0.3, 0.4) is 0 Å². The van der Waals surface area contributed by atoms with Gasteiger partial charge in [-0.15, -0.1) is 0 Å². The van der Waals surface area contributed by atoms with Gasteiger partial charge < -0.3 is 10.2 Å². The van der Waals surface area contributed by atoms with Crippen LogP contribution in [0.1, 0.15) is 12.5 Å². The molecule has 1 N–H and O–H groups in total. The number of rotatable bonds is 5. The SMILES string of the molecule is CC(CNC(=O)N(C)Cc1ccc(Cl)c(F)c1)S(C)=O. The lowest BCUT2D eigenvalue weighted by Crippen LogP contribution is -2.40. The first-order valence-corrected chi connectivity index (χ1v) is 8.06. The van der Waals surface area contributed by atoms with Crippen LogP contribution >= 0.6 is 11.6 Å². The highest BCUT2D eigenvalue weighted by Crippen LogP contribution is 2.16. The molecule has 7 heteroatoms. The lowest BCUT2D eigenvalue weighted by atomic mass is 10.2. The Morgan fingerprint density at radius 3 is 2.75 bits per heavy atom. The molecule has 0 aliphatic carbocycles. The molecule has 4 nitrogen and oxygen atoms in total. The van der Waals surface area contributed by atoms with Gasteiger partial charge in [0.25, 0.3) is 0 Å². The minimum atomic E-state index is -0.981. The summed E-state index contributed by atoms with van der Waals surface area (Å²) in [5.41, 5.74) is 0.650. The Labute approximate surface area is 125 Å². The number of halogens is 2. The monoisotopic (exact) mass is 320 g/mol. The maximum absolute atomic E-state index is 13.3. The van der Waals surface area contributed by atoms with Crippen LogP contribution < -0.4 is 5.32 Å². The highest BCUT2D eigenvalue weighted by Gasteiger charge is 2.12. The molecule has 0 aliphatic heterocycles. The third-order valence-electron chi connectivity index (χ3n) is 2.86. The zero-order valence-electron chi connectivity index (χ0n) is 11.7. The van der Waals surface area contributed by atoms with Crippen molar-refractivity contribution in [3.63, 3.8) is 0 Å². The average molecular weight is 321 g/mol. The minimum absolute atomic E-state index is 0.0557. The zero-order chi connectivity index (χ0) is 15.3. The Balaban J connectivity index is 2.53. The fourth-order valence-electron chi connectivity index (χ4n) is 1.47. The summed E-state index contributed by atoms with van der Waals surface area (Å²) in [4.78, 5) is 13.2. The number of hydrogen-bond acceptors (Lipinski definition) is 2. The van der Waals surface area contributed by atoms with Crippen molar-refractivity contribution in [2.24, 2.45) is 0 Å². The van der Waals surface area contributed by atoms with E-state index in [1.165, 1.54) is 17.0 Å². The van der Waals surface area contributed by atoms with Crippen LogP contribution in [0.4, 0.5) is 9.18 Å². The minimum Gasteiger partial charge on any atom is -0.337 e. The lowest BCUT2D eigenvalue weighted by Gasteiger charge is -2.19. The Morgan fingerprint density at radius 2 is 2.20 bits per heavy atom. The van der Waals surface area contributed by atoms with E-state index in [0.717, 1.165) is 0 Å². The van der Waals surface area contributed by atoms with E-state index in [9.17, 15) is 13.4 Å². The number of hydrogen-bond donors (Lipinski definition) is 1. The fraction of sp³-hybridized carbons (Fsp3) is 0.462. The van der Waals surface area contributed by atoms with Gasteiger partial charge in [0.1, 0.15) is 5.82 Å². The molecule has 20 heavy (non-hydrogen) atoms. The summed E-state index contributed by atoms with van der Waals surface area (Å²) in [6.45, 7) is 2.40. The molecule has 1 rings (SSSR count). The van der Waals surface area contributed by atoms with Crippen LogP contribution in [-0.4, -0.2) is 40.2 Å². The van der Waals surface area contributed by atoms with Gasteiger partial charge >= 0.3 is 6.03 Å². The van der Waals surface area contributed by atoms with Crippen molar-refractivity contribution in [2.75, 3.05) is 19.8 Å². The summed E-state index contributed by atoms with van der Waals surface area (Å²) in [6, 6.07) is 4.13. The Hall–Kier alpha value is -1.14. The predicted molar refractivity (Wildman–Crippen MR) is 79.8 cm³/mol. The van der Waals surface area contributed by atoms with Crippen molar-refractivity contribution in [1.29, 1.82) is 0 Å². The normalized spacial score (nSPS) is 13.7. The number of carbonyl (C=O) groups excluding carboxylic acids is 1. The van der Waals surface area contributed by atoms with Crippen molar-refractivity contribution in [1.82, 2.24) is 10.2 Å². The van der Waals surface area contributed by atoms with Crippen molar-refractivity contribution >= 4 is 28.4 Å². The lowest BCUT2D eigenvalue weighted by molar-refractivity contribution is 0.207. The van der Waals surface area contributed by atoms with Gasteiger partial charge in [-0.2, -0.15) is 0 Å². The Bertz CT molecular complexity index is 513. The molecular formula is C13H18ClFN2O2S. The van der Waals surface area contributed by atoms with Crippen LogP contribution in [0.5, 0.6) is 0 Å². The molecule has 0 saturated carbocycles. The van der Waals surface area contributed by atoms with Crippen LogP contribution in [-0.2, 0) is 17.3 Å². The van der Waals surface area contributed by atoms with E-state index in [0.29, 0.717) is 12.1 Å². The molecule has 0 radical (unpaired) electrons. The molecule has 2 unspecified atom stereocenters. The number of nitrogens with zero attached hydrogens (tertiary/aromatic N) is 1. The van der Waals surface area contributed by atoms with Crippen molar-refractivity contribution in [2.45, 2.75) is 18.7 Å². The first kappa shape index (κ1) is 16.9. The largest absolute Gasteiger partial charge is 0.337 e. The van der Waals surface area contributed by atoms with Gasteiger partial charge in [0.2, 0.25) is 0 Å². The molecule has 0 aromatic heterocycles. The fourth-order valence-corrected chi connectivity index (χ4v) is 1.90. The van der Waals surface area contributed by atoms with E-state index in [1.807, 2.05) is 0 Å². The molecule has 1 aromatic carbocycles. The van der Waals surface area contributed by atoms with Crippen LogP contribution in [0.25, 0.3) is 0 Å². The summed E-state index contributed by atoms with van der Waals surface area (Å²) in [6.07, 6.45) is 1.59. The van der Waals surface area contributed by atoms with Crippen molar-refractivity contribution in [3.8, 4) is 0 Å². The summed E-state index contributed by atoms with van der Waals surface area (Å²) in [7, 11) is 0.625. The number of amides is 2. The van der Waals surface area contributed by atoms with Gasteiger partial charge in [0.05, 0.1) is 5.02 Å². The van der Waals surface area contributed by atoms with Crippen LogP contribution in [0, 0.1) is 5.82 Å². The van der Waals surface area contributed by atoms with E-state index in [4.69, 9.17) is 11.6 Å². The maximum Gasteiger partial charge on any atom is 0.317 e. The molecule has 112 valence electrons. The molecule has 0 saturated heterocycles. The van der Waals surface area contributed by atoms with Gasteiger partial charge in [-0.25, -0.2) is 9.18 Å². The summed E-state index contributed by atoms with van der Waals surface area (Å²) in [5.74, 6) is -0.507. The molecule has 2 amide bonds. The highest BCUT2D eigenvalue weighted by molar-refractivity contribution is 7.84. The number of nitrogens with one attached hydrogen (secondary N) is 1. The van der Waals surface area contributed by atoms with Gasteiger partial charge in [0.15, 0.2) is 0 Å². The van der Waals surface area contributed by atoms with Gasteiger partial charge in [0, 0.05) is 42.4 Å². The molecule has 2 atom stereocenters. The molecule has 1 aromatic rings. The smallest absolute Gasteiger partial charge is 0.317 e. The van der Waals surface area contributed by atoms with Gasteiger partial charge in [-0.05, 0) is 24.6 Å². The van der Waals surface area contributed by atoms with E-state index in [-0.39, 0.29) is 22.8 Å². The molecule has 0 heterocycles. The Kier molecular flexibility index (Phi) is 6.42. The molecule has 0 spiro atoms. The maximum atomic E-state index is 13.3. The Morgan fingerprint density at radius 1 is 1.55 bits per heavy atom. The summed E-state index contributed by atoms with van der Waals surface area (Å²) in [5, 5.41) is 2.63. The third-order valence-corrected chi connectivity index (χ3v) is 4.46. The zero-order valence-corrected chi connectivity index (χ0v) is 13.2. The summed E-state index contributed by atoms with van der Waals surface area (Å²) >= 11 is 5.60. The van der Waals surface area contributed by atoms with Crippen molar-refractivity contribution < 1.29 is 13.4 Å². The number of carbonyl (C=O) groups is 1. The quantitative estimate of drug-likeness (QED) is 0.905. The number of benzene rings is 1. The van der Waals surface area contributed by atoms with E-state index in [1.54, 1.807) is 26.3 Å². The molecule has 0 fully saturated rings. The van der Waals surface area contributed by atoms with Gasteiger partial charge in [-0.1, -0.05) is 17.7 Å². The second-order valence-electron chi connectivity index (χ2n) is 4.60. The van der Waals surface area contributed by atoms with Gasteiger partial charge in [-0.3, -0.25) is 4.21 Å². The third kappa shape index (κ3) is 5.09. The van der Waals surface area contributed by atoms with Crippen LogP contribution in [0.2, 0.25) is 5.02 Å². The second-order valence-corrected chi connectivity index (χ2v) is 6.81.